The van der Waals surface area contributed by atoms with E-state index in [1.807, 2.05) is 55.1 Å². The molecule has 0 saturated carbocycles. The van der Waals surface area contributed by atoms with Gasteiger partial charge in [0.2, 0.25) is 0 Å². The van der Waals surface area contributed by atoms with Crippen molar-refractivity contribution in [2.24, 2.45) is 4.99 Å². The minimum atomic E-state index is -0.0405. The highest BCUT2D eigenvalue weighted by Gasteiger charge is 2.05. The number of nitrogens with zero attached hydrogens (tertiary/aromatic N) is 3. The van der Waals surface area contributed by atoms with Crippen LogP contribution in [0.1, 0.15) is 41.8 Å². The van der Waals surface area contributed by atoms with E-state index >= 15 is 0 Å². The Morgan fingerprint density at radius 1 is 0.969 bits per heavy atom. The van der Waals surface area contributed by atoms with Crippen molar-refractivity contribution in [1.82, 2.24) is 25.7 Å². The van der Waals surface area contributed by atoms with Gasteiger partial charge in [0, 0.05) is 37.6 Å². The number of hydrogen-bond acceptors (Lipinski definition) is 3. The summed E-state index contributed by atoms with van der Waals surface area (Å²) < 4.78 is 1.85. The third kappa shape index (κ3) is 6.97. The van der Waals surface area contributed by atoms with E-state index in [2.05, 4.69) is 50.3 Å². The van der Waals surface area contributed by atoms with Gasteiger partial charge in [-0.1, -0.05) is 31.2 Å². The number of aliphatic imine (C=N–C) groups is 1. The number of amides is 1. The van der Waals surface area contributed by atoms with Gasteiger partial charge in [-0.05, 0) is 61.2 Å². The molecule has 3 aromatic rings. The van der Waals surface area contributed by atoms with E-state index in [0.717, 1.165) is 43.1 Å². The normalized spacial score (nSPS) is 11.2. The molecule has 0 fully saturated rings. The number of benzene rings is 2. The van der Waals surface area contributed by atoms with Gasteiger partial charge < -0.3 is 16.0 Å². The summed E-state index contributed by atoms with van der Waals surface area (Å²) in [6.45, 7) is 6.82. The second-order valence-electron chi connectivity index (χ2n) is 7.45. The summed E-state index contributed by atoms with van der Waals surface area (Å²) in [4.78, 5) is 16.9. The van der Waals surface area contributed by atoms with Crippen molar-refractivity contribution in [3.63, 3.8) is 0 Å². The van der Waals surface area contributed by atoms with Gasteiger partial charge in [0.25, 0.3) is 5.91 Å². The van der Waals surface area contributed by atoms with E-state index in [-0.39, 0.29) is 5.91 Å². The molecule has 0 aliphatic rings. The van der Waals surface area contributed by atoms with Gasteiger partial charge in [-0.25, -0.2) is 9.67 Å². The zero-order valence-corrected chi connectivity index (χ0v) is 18.8. The number of carbonyl (C=O) groups excluding carboxylic acids is 1. The molecule has 2 aromatic carbocycles. The topological polar surface area (TPSA) is 83.3 Å². The molecule has 32 heavy (non-hydrogen) atoms. The fourth-order valence-corrected chi connectivity index (χ4v) is 3.23. The quantitative estimate of drug-likeness (QED) is 0.339. The molecule has 0 atom stereocenters. The average Bonchev–Trinajstić information content (AvgIpc) is 3.36. The van der Waals surface area contributed by atoms with Crippen molar-refractivity contribution in [3.05, 3.63) is 83.7 Å². The molecule has 1 heterocycles. The lowest BCUT2D eigenvalue weighted by Crippen LogP contribution is -2.38. The Labute approximate surface area is 190 Å². The molecule has 168 valence electrons. The van der Waals surface area contributed by atoms with Gasteiger partial charge in [0.15, 0.2) is 5.96 Å². The average molecular weight is 433 g/mol. The summed E-state index contributed by atoms with van der Waals surface area (Å²) in [6.07, 6.45) is 5.51. The van der Waals surface area contributed by atoms with Gasteiger partial charge in [0.1, 0.15) is 0 Å². The molecule has 0 bridgehead atoms. The maximum Gasteiger partial charge on any atom is 0.251 e. The van der Waals surface area contributed by atoms with Crippen LogP contribution in [0.5, 0.6) is 0 Å². The largest absolute Gasteiger partial charge is 0.357 e. The summed E-state index contributed by atoms with van der Waals surface area (Å²) in [5.74, 6) is 0.725. The molecular weight excluding hydrogens is 400 g/mol. The Balaban J connectivity index is 1.53. The third-order valence-electron chi connectivity index (χ3n) is 4.90. The number of aromatic nitrogens is 2. The second kappa shape index (κ2) is 12.3. The zero-order valence-electron chi connectivity index (χ0n) is 18.8. The lowest BCUT2D eigenvalue weighted by molar-refractivity contribution is 0.0953. The van der Waals surface area contributed by atoms with Crippen LogP contribution in [-0.2, 0) is 13.0 Å². The molecule has 7 nitrogen and oxygen atoms in total. The van der Waals surface area contributed by atoms with Crippen LogP contribution < -0.4 is 16.0 Å². The van der Waals surface area contributed by atoms with Crippen molar-refractivity contribution in [2.75, 3.05) is 19.6 Å². The summed E-state index contributed by atoms with van der Waals surface area (Å²) in [5, 5.41) is 13.8. The standard InChI is InChI=1S/C25H32N6O/c1-3-14-27-24(32)22-8-5-7-21(18-22)19-29-25(26-4-2)28-16-13-20-9-11-23(12-10-20)31-17-6-15-30-31/h5-12,15,17-18H,3-4,13-14,16,19H2,1-2H3,(H,27,32)(H2,26,28,29). The van der Waals surface area contributed by atoms with Crippen molar-refractivity contribution in [2.45, 2.75) is 33.2 Å². The summed E-state index contributed by atoms with van der Waals surface area (Å²) in [6, 6.07) is 17.9. The van der Waals surface area contributed by atoms with Crippen LogP contribution in [0.2, 0.25) is 0 Å². The third-order valence-corrected chi connectivity index (χ3v) is 4.90. The highest BCUT2D eigenvalue weighted by molar-refractivity contribution is 5.94. The molecule has 3 rings (SSSR count). The molecule has 0 aliphatic carbocycles. The smallest absolute Gasteiger partial charge is 0.251 e. The van der Waals surface area contributed by atoms with Crippen LogP contribution in [-0.4, -0.2) is 41.3 Å². The first-order chi connectivity index (χ1) is 15.7. The highest BCUT2D eigenvalue weighted by atomic mass is 16.1. The van der Waals surface area contributed by atoms with E-state index in [9.17, 15) is 4.79 Å². The van der Waals surface area contributed by atoms with E-state index in [1.54, 1.807) is 6.20 Å². The minimum absolute atomic E-state index is 0.0405. The van der Waals surface area contributed by atoms with Crippen LogP contribution >= 0.6 is 0 Å². The Hall–Kier alpha value is -3.61. The van der Waals surface area contributed by atoms with Gasteiger partial charge in [-0.3, -0.25) is 4.79 Å². The molecule has 1 aromatic heterocycles. The van der Waals surface area contributed by atoms with Gasteiger partial charge in [-0.2, -0.15) is 5.10 Å². The Morgan fingerprint density at radius 3 is 2.53 bits per heavy atom. The molecule has 3 N–H and O–H groups in total. The zero-order chi connectivity index (χ0) is 22.6. The fourth-order valence-electron chi connectivity index (χ4n) is 3.23. The van der Waals surface area contributed by atoms with E-state index < -0.39 is 0 Å². The SMILES string of the molecule is CCCNC(=O)c1cccc(CN=C(NCC)NCCc2ccc(-n3cccn3)cc2)c1. The van der Waals surface area contributed by atoms with Crippen LogP contribution in [0.4, 0.5) is 0 Å². The molecule has 0 spiro atoms. The van der Waals surface area contributed by atoms with Crippen LogP contribution in [0, 0.1) is 0 Å². The maximum atomic E-state index is 12.2. The fraction of sp³-hybridized carbons (Fsp3) is 0.320. The number of carbonyl (C=O) groups is 1. The van der Waals surface area contributed by atoms with Crippen molar-refractivity contribution in [3.8, 4) is 5.69 Å². The highest BCUT2D eigenvalue weighted by Crippen LogP contribution is 2.09. The monoisotopic (exact) mass is 432 g/mol. The number of hydrogen-bond donors (Lipinski definition) is 3. The molecule has 0 radical (unpaired) electrons. The van der Waals surface area contributed by atoms with Crippen LogP contribution in [0.15, 0.2) is 72.0 Å². The van der Waals surface area contributed by atoms with Gasteiger partial charge in [-0.15, -0.1) is 0 Å². The summed E-state index contributed by atoms with van der Waals surface area (Å²) >= 11 is 0. The molecule has 0 aliphatic heterocycles. The second-order valence-corrected chi connectivity index (χ2v) is 7.45. The first-order valence-corrected chi connectivity index (χ1v) is 11.2. The molecule has 0 saturated heterocycles. The van der Waals surface area contributed by atoms with E-state index in [4.69, 9.17) is 0 Å². The summed E-state index contributed by atoms with van der Waals surface area (Å²) in [5.41, 5.74) is 3.96. The predicted octanol–water partition coefficient (Wildman–Crippen LogP) is 3.31. The van der Waals surface area contributed by atoms with E-state index in [0.29, 0.717) is 18.7 Å². The van der Waals surface area contributed by atoms with Crippen molar-refractivity contribution < 1.29 is 4.79 Å². The molecule has 0 unspecified atom stereocenters. The van der Waals surface area contributed by atoms with Crippen LogP contribution in [0.3, 0.4) is 0 Å². The lowest BCUT2D eigenvalue weighted by atomic mass is 10.1. The first-order valence-electron chi connectivity index (χ1n) is 11.2. The molecule has 7 heteroatoms. The Bertz CT molecular complexity index is 996. The van der Waals surface area contributed by atoms with Crippen molar-refractivity contribution in [1.29, 1.82) is 0 Å². The Kier molecular flexibility index (Phi) is 8.86. The predicted molar refractivity (Wildman–Crippen MR) is 129 cm³/mol. The number of nitrogens with one attached hydrogen (secondary N) is 3. The van der Waals surface area contributed by atoms with Crippen molar-refractivity contribution >= 4 is 11.9 Å². The van der Waals surface area contributed by atoms with Gasteiger partial charge in [0.05, 0.1) is 12.2 Å². The summed E-state index contributed by atoms with van der Waals surface area (Å²) in [7, 11) is 0. The van der Waals surface area contributed by atoms with Gasteiger partial charge >= 0.3 is 0 Å². The van der Waals surface area contributed by atoms with E-state index in [1.165, 1.54) is 5.56 Å². The number of guanidine groups is 1. The maximum absolute atomic E-state index is 12.2. The Morgan fingerprint density at radius 2 is 1.81 bits per heavy atom. The minimum Gasteiger partial charge on any atom is -0.357 e. The molecule has 1 amide bonds. The lowest BCUT2D eigenvalue weighted by Gasteiger charge is -2.12. The first kappa shape index (κ1) is 23.1. The molecular formula is C25H32N6O. The van der Waals surface area contributed by atoms with Crippen LogP contribution in [0.25, 0.3) is 5.69 Å². The number of rotatable bonds is 10.